The van der Waals surface area contributed by atoms with E-state index in [4.69, 9.17) is 0 Å². The summed E-state index contributed by atoms with van der Waals surface area (Å²) < 4.78 is 0. The number of aromatic nitrogens is 2. The van der Waals surface area contributed by atoms with Gasteiger partial charge in [-0.05, 0) is 6.42 Å². The molecule has 0 fully saturated rings. The number of unbranched alkanes of at least 4 members (excludes halogenated alkanes) is 2. The molecule has 1 heterocycles. The molecule has 0 spiro atoms. The Bertz CT molecular complexity index is 298. The molecule has 0 radical (unpaired) electrons. The van der Waals surface area contributed by atoms with Crippen LogP contribution < -0.4 is 5.56 Å². The van der Waals surface area contributed by atoms with Gasteiger partial charge >= 0.3 is 0 Å². The lowest BCUT2D eigenvalue weighted by molar-refractivity contribution is 0.776. The van der Waals surface area contributed by atoms with Crippen molar-refractivity contribution in [2.75, 3.05) is 5.75 Å². The smallest absolute Gasteiger partial charge is 0.251 e. The predicted octanol–water partition coefficient (Wildman–Crippen LogP) is 2.05. The molecule has 1 N–H and O–H groups in total. The Balaban J connectivity index is 2.33. The average Bonchev–Trinajstić information content (AvgIpc) is 2.13. The van der Waals surface area contributed by atoms with Gasteiger partial charge in [0, 0.05) is 18.0 Å². The SMILES string of the molecule is CCCCCSc1nccc(=O)[nH]1. The highest BCUT2D eigenvalue weighted by molar-refractivity contribution is 7.99. The zero-order chi connectivity index (χ0) is 9.52. The van der Waals surface area contributed by atoms with Crippen LogP contribution in [0.1, 0.15) is 26.2 Å². The molecule has 0 saturated carbocycles. The molecule has 0 aliphatic carbocycles. The fraction of sp³-hybridized carbons (Fsp3) is 0.556. The molecule has 4 heteroatoms. The van der Waals surface area contributed by atoms with E-state index in [1.165, 1.54) is 25.3 Å². The predicted molar refractivity (Wildman–Crippen MR) is 55.1 cm³/mol. The van der Waals surface area contributed by atoms with Crippen molar-refractivity contribution >= 4 is 11.8 Å². The van der Waals surface area contributed by atoms with Gasteiger partial charge in [-0.15, -0.1) is 0 Å². The molecule has 1 aromatic rings. The summed E-state index contributed by atoms with van der Waals surface area (Å²) >= 11 is 1.61. The third-order valence-corrected chi connectivity index (χ3v) is 2.61. The van der Waals surface area contributed by atoms with Crippen molar-refractivity contribution in [1.29, 1.82) is 0 Å². The van der Waals surface area contributed by atoms with Gasteiger partial charge in [-0.25, -0.2) is 4.98 Å². The van der Waals surface area contributed by atoms with E-state index in [2.05, 4.69) is 16.9 Å². The normalized spacial score (nSPS) is 10.2. The van der Waals surface area contributed by atoms with E-state index in [9.17, 15) is 4.79 Å². The minimum Gasteiger partial charge on any atom is -0.301 e. The van der Waals surface area contributed by atoms with Crippen LogP contribution in [0.4, 0.5) is 0 Å². The van der Waals surface area contributed by atoms with Crippen LogP contribution >= 0.6 is 11.8 Å². The summed E-state index contributed by atoms with van der Waals surface area (Å²) in [6, 6.07) is 1.43. The summed E-state index contributed by atoms with van der Waals surface area (Å²) in [4.78, 5) is 17.6. The molecule has 72 valence electrons. The van der Waals surface area contributed by atoms with E-state index in [1.54, 1.807) is 18.0 Å². The van der Waals surface area contributed by atoms with Gasteiger partial charge in [0.05, 0.1) is 0 Å². The number of thioether (sulfide) groups is 1. The third kappa shape index (κ3) is 4.12. The molecular formula is C9H14N2OS. The van der Waals surface area contributed by atoms with Gasteiger partial charge in [0.2, 0.25) is 0 Å². The van der Waals surface area contributed by atoms with Crippen molar-refractivity contribution < 1.29 is 0 Å². The highest BCUT2D eigenvalue weighted by Gasteiger charge is 1.94. The van der Waals surface area contributed by atoms with Gasteiger partial charge in [-0.3, -0.25) is 4.79 Å². The lowest BCUT2D eigenvalue weighted by atomic mass is 10.3. The Morgan fingerprint density at radius 2 is 2.38 bits per heavy atom. The summed E-state index contributed by atoms with van der Waals surface area (Å²) in [5.74, 6) is 1.03. The zero-order valence-corrected chi connectivity index (χ0v) is 8.56. The number of H-pyrrole nitrogens is 1. The van der Waals surface area contributed by atoms with Crippen molar-refractivity contribution in [1.82, 2.24) is 9.97 Å². The van der Waals surface area contributed by atoms with Crippen molar-refractivity contribution in [2.24, 2.45) is 0 Å². The standard InChI is InChI=1S/C9H14N2OS/c1-2-3-4-7-13-9-10-6-5-8(12)11-9/h5-6H,2-4,7H2,1H3,(H,10,11,12). The average molecular weight is 198 g/mol. The first-order valence-electron chi connectivity index (χ1n) is 4.51. The zero-order valence-electron chi connectivity index (χ0n) is 7.75. The Morgan fingerprint density at radius 3 is 3.08 bits per heavy atom. The number of nitrogens with zero attached hydrogens (tertiary/aromatic N) is 1. The summed E-state index contributed by atoms with van der Waals surface area (Å²) in [5, 5.41) is 0.726. The molecule has 13 heavy (non-hydrogen) atoms. The summed E-state index contributed by atoms with van der Waals surface area (Å²) in [5.41, 5.74) is -0.0759. The van der Waals surface area contributed by atoms with Crippen LogP contribution in [-0.2, 0) is 0 Å². The van der Waals surface area contributed by atoms with Gasteiger partial charge in [-0.2, -0.15) is 0 Å². The summed E-state index contributed by atoms with van der Waals surface area (Å²) in [6.07, 6.45) is 5.18. The van der Waals surface area contributed by atoms with E-state index < -0.39 is 0 Å². The monoisotopic (exact) mass is 198 g/mol. The molecule has 0 aromatic carbocycles. The number of aromatic amines is 1. The highest BCUT2D eigenvalue weighted by atomic mass is 32.2. The van der Waals surface area contributed by atoms with Gasteiger partial charge in [0.1, 0.15) is 0 Å². The van der Waals surface area contributed by atoms with E-state index >= 15 is 0 Å². The largest absolute Gasteiger partial charge is 0.301 e. The molecule has 0 aliphatic heterocycles. The molecule has 0 amide bonds. The number of nitrogens with one attached hydrogen (secondary N) is 1. The Labute approximate surface area is 82.0 Å². The third-order valence-electron chi connectivity index (χ3n) is 1.63. The lowest BCUT2D eigenvalue weighted by Gasteiger charge is -1.98. The van der Waals surface area contributed by atoms with Gasteiger partial charge in [-0.1, -0.05) is 31.5 Å². The first kappa shape index (κ1) is 10.3. The highest BCUT2D eigenvalue weighted by Crippen LogP contribution is 2.12. The van der Waals surface area contributed by atoms with Crippen LogP contribution in [0.2, 0.25) is 0 Å². The number of rotatable bonds is 5. The minimum absolute atomic E-state index is 0.0759. The van der Waals surface area contributed by atoms with Crippen molar-refractivity contribution in [2.45, 2.75) is 31.3 Å². The molecule has 0 saturated heterocycles. The van der Waals surface area contributed by atoms with E-state index in [0.29, 0.717) is 0 Å². The van der Waals surface area contributed by atoms with Crippen molar-refractivity contribution in [3.8, 4) is 0 Å². The van der Waals surface area contributed by atoms with Crippen LogP contribution in [0.15, 0.2) is 22.2 Å². The Morgan fingerprint density at radius 1 is 1.54 bits per heavy atom. The van der Waals surface area contributed by atoms with Crippen molar-refractivity contribution in [3.05, 3.63) is 22.6 Å². The fourth-order valence-electron chi connectivity index (χ4n) is 0.946. The molecule has 1 aromatic heterocycles. The second-order valence-corrected chi connectivity index (χ2v) is 3.88. The van der Waals surface area contributed by atoms with E-state index in [0.717, 1.165) is 10.9 Å². The molecule has 0 bridgehead atoms. The minimum atomic E-state index is -0.0759. The van der Waals surface area contributed by atoms with Crippen LogP contribution in [0, 0.1) is 0 Å². The second-order valence-electron chi connectivity index (χ2n) is 2.79. The molecule has 3 nitrogen and oxygen atoms in total. The van der Waals surface area contributed by atoms with Crippen LogP contribution in [-0.4, -0.2) is 15.7 Å². The quantitative estimate of drug-likeness (QED) is 0.447. The van der Waals surface area contributed by atoms with Crippen LogP contribution in [0.3, 0.4) is 0 Å². The fourth-order valence-corrected chi connectivity index (χ4v) is 1.80. The number of hydrogen-bond acceptors (Lipinski definition) is 3. The number of hydrogen-bond donors (Lipinski definition) is 1. The van der Waals surface area contributed by atoms with Gasteiger partial charge in [0.15, 0.2) is 5.16 Å². The second kappa shape index (κ2) is 5.80. The molecule has 0 unspecified atom stereocenters. The molecule has 0 aliphatic rings. The Hall–Kier alpha value is -0.770. The first-order chi connectivity index (χ1) is 6.33. The molecule has 0 atom stereocenters. The van der Waals surface area contributed by atoms with E-state index in [1.807, 2.05) is 0 Å². The maximum absolute atomic E-state index is 10.9. The Kier molecular flexibility index (Phi) is 4.60. The lowest BCUT2D eigenvalue weighted by Crippen LogP contribution is -2.05. The van der Waals surface area contributed by atoms with Crippen LogP contribution in [0.25, 0.3) is 0 Å². The van der Waals surface area contributed by atoms with E-state index in [-0.39, 0.29) is 5.56 Å². The maximum Gasteiger partial charge on any atom is 0.251 e. The van der Waals surface area contributed by atoms with Gasteiger partial charge < -0.3 is 4.98 Å². The summed E-state index contributed by atoms with van der Waals surface area (Å²) in [6.45, 7) is 2.17. The summed E-state index contributed by atoms with van der Waals surface area (Å²) in [7, 11) is 0. The molecule has 1 rings (SSSR count). The molecular weight excluding hydrogens is 184 g/mol. The van der Waals surface area contributed by atoms with Gasteiger partial charge in [0.25, 0.3) is 5.56 Å². The van der Waals surface area contributed by atoms with Crippen LogP contribution in [0.5, 0.6) is 0 Å². The maximum atomic E-state index is 10.9. The topological polar surface area (TPSA) is 45.8 Å². The first-order valence-corrected chi connectivity index (χ1v) is 5.49. The van der Waals surface area contributed by atoms with Crippen molar-refractivity contribution in [3.63, 3.8) is 0 Å².